The molecule has 3 nitrogen and oxygen atoms in total. The molecule has 2 N–H and O–H groups in total. The van der Waals surface area contributed by atoms with Crippen LogP contribution in [0.2, 0.25) is 5.02 Å². The lowest BCUT2D eigenvalue weighted by atomic mass is 10.2. The zero-order valence-electron chi connectivity index (χ0n) is 9.66. The predicted molar refractivity (Wildman–Crippen MR) is 69.4 cm³/mol. The van der Waals surface area contributed by atoms with Crippen LogP contribution in [0.3, 0.4) is 0 Å². The zero-order valence-corrected chi connectivity index (χ0v) is 10.4. The van der Waals surface area contributed by atoms with E-state index in [1.807, 2.05) is 30.5 Å². The Labute approximate surface area is 105 Å². The average molecular weight is 246 g/mol. The topological polar surface area (TPSA) is 54.7 Å². The fraction of sp³-hybridized carbons (Fsp3) is 0.154. The van der Waals surface area contributed by atoms with E-state index in [1.165, 1.54) is 0 Å². The zero-order chi connectivity index (χ0) is 12.6. The van der Waals surface area contributed by atoms with Gasteiger partial charge in [0.15, 0.2) is 0 Å². The van der Waals surface area contributed by atoms with Crippen LogP contribution in [0.15, 0.2) is 24.3 Å². The maximum Gasteiger partial charge on any atom is 0.126 e. The van der Waals surface area contributed by atoms with Crippen LogP contribution in [0.1, 0.15) is 16.8 Å². The van der Waals surface area contributed by atoms with Crippen molar-refractivity contribution in [2.24, 2.45) is 0 Å². The first-order valence-electron chi connectivity index (χ1n) is 5.19. The van der Waals surface area contributed by atoms with Gasteiger partial charge in [-0.05, 0) is 43.7 Å². The Hall–Kier alpha value is -1.92. The van der Waals surface area contributed by atoms with Crippen molar-refractivity contribution < 1.29 is 0 Å². The molecule has 0 spiro atoms. The van der Waals surface area contributed by atoms with E-state index < -0.39 is 0 Å². The molecule has 1 aromatic heterocycles. The average Bonchev–Trinajstić information content (AvgIpc) is 2.52. The van der Waals surface area contributed by atoms with Crippen molar-refractivity contribution in [3.05, 3.63) is 46.1 Å². The van der Waals surface area contributed by atoms with Gasteiger partial charge in [-0.1, -0.05) is 11.6 Å². The minimum atomic E-state index is 0.477. The number of rotatable bonds is 1. The summed E-state index contributed by atoms with van der Waals surface area (Å²) in [5.74, 6) is 0.477. The lowest BCUT2D eigenvalue weighted by molar-refractivity contribution is 1.02. The summed E-state index contributed by atoms with van der Waals surface area (Å²) in [6, 6.07) is 9.50. The maximum absolute atomic E-state index is 9.06. The van der Waals surface area contributed by atoms with Crippen LogP contribution in [-0.4, -0.2) is 4.57 Å². The lowest BCUT2D eigenvalue weighted by Crippen LogP contribution is -2.02. The number of aromatic nitrogens is 1. The third kappa shape index (κ3) is 1.77. The molecule has 0 atom stereocenters. The third-order valence-electron chi connectivity index (χ3n) is 2.95. The van der Waals surface area contributed by atoms with Gasteiger partial charge in [-0.3, -0.25) is 4.57 Å². The highest BCUT2D eigenvalue weighted by Gasteiger charge is 2.15. The van der Waals surface area contributed by atoms with Gasteiger partial charge >= 0.3 is 0 Å². The molecule has 2 rings (SSSR count). The molecule has 0 saturated carbocycles. The van der Waals surface area contributed by atoms with Gasteiger partial charge in [-0.15, -0.1) is 0 Å². The van der Waals surface area contributed by atoms with E-state index in [0.717, 1.165) is 16.9 Å². The summed E-state index contributed by atoms with van der Waals surface area (Å²) in [5, 5.41) is 9.74. The van der Waals surface area contributed by atoms with Crippen LogP contribution in [-0.2, 0) is 0 Å². The molecular formula is C13H12ClN3. The number of hydrogen-bond acceptors (Lipinski definition) is 2. The first-order valence-corrected chi connectivity index (χ1v) is 5.57. The minimum Gasteiger partial charge on any atom is -0.384 e. The molecule has 17 heavy (non-hydrogen) atoms. The molecular weight excluding hydrogens is 234 g/mol. The predicted octanol–water partition coefficient (Wildman–Crippen LogP) is 3.20. The van der Waals surface area contributed by atoms with Gasteiger partial charge in [0, 0.05) is 16.4 Å². The number of benzene rings is 1. The molecule has 0 fully saturated rings. The van der Waals surface area contributed by atoms with E-state index in [-0.39, 0.29) is 0 Å². The van der Waals surface area contributed by atoms with Gasteiger partial charge in [0.25, 0.3) is 0 Å². The molecule has 0 aliphatic heterocycles. The summed E-state index contributed by atoms with van der Waals surface area (Å²) in [5.41, 5.74) is 9.33. The summed E-state index contributed by atoms with van der Waals surface area (Å²) in [6.45, 7) is 3.85. The van der Waals surface area contributed by atoms with E-state index in [2.05, 4.69) is 6.07 Å². The van der Waals surface area contributed by atoms with Crippen molar-refractivity contribution in [2.75, 3.05) is 5.73 Å². The molecule has 0 unspecified atom stereocenters. The maximum atomic E-state index is 9.06. The second-order valence-electron chi connectivity index (χ2n) is 3.89. The minimum absolute atomic E-state index is 0.477. The van der Waals surface area contributed by atoms with Gasteiger partial charge < -0.3 is 5.73 Å². The Kier molecular flexibility index (Phi) is 2.83. The Bertz CT molecular complexity index is 603. The lowest BCUT2D eigenvalue weighted by Gasteiger charge is -2.08. The van der Waals surface area contributed by atoms with Gasteiger partial charge in [0.2, 0.25) is 0 Å². The van der Waals surface area contributed by atoms with Gasteiger partial charge in [-0.2, -0.15) is 5.26 Å². The summed E-state index contributed by atoms with van der Waals surface area (Å²) < 4.78 is 1.87. The van der Waals surface area contributed by atoms with Crippen LogP contribution in [0, 0.1) is 25.2 Å². The molecule has 0 saturated heterocycles. The summed E-state index contributed by atoms with van der Waals surface area (Å²) in [6.07, 6.45) is 0. The van der Waals surface area contributed by atoms with Gasteiger partial charge in [0.05, 0.1) is 5.56 Å². The number of nitrogens with zero attached hydrogens (tertiary/aromatic N) is 2. The Morgan fingerprint density at radius 3 is 2.29 bits per heavy atom. The number of nitrogen functional groups attached to an aromatic ring is 1. The van der Waals surface area contributed by atoms with E-state index in [9.17, 15) is 0 Å². The quantitative estimate of drug-likeness (QED) is 0.839. The number of hydrogen-bond donors (Lipinski definition) is 1. The fourth-order valence-electron chi connectivity index (χ4n) is 1.90. The summed E-state index contributed by atoms with van der Waals surface area (Å²) >= 11 is 5.85. The van der Waals surface area contributed by atoms with Crippen LogP contribution in [0.25, 0.3) is 5.69 Å². The van der Waals surface area contributed by atoms with Gasteiger partial charge in [-0.25, -0.2) is 0 Å². The largest absolute Gasteiger partial charge is 0.384 e. The van der Waals surface area contributed by atoms with E-state index in [4.69, 9.17) is 22.6 Å². The van der Waals surface area contributed by atoms with E-state index in [1.54, 1.807) is 12.1 Å². The molecule has 86 valence electrons. The highest BCUT2D eigenvalue weighted by Crippen LogP contribution is 2.27. The summed E-state index contributed by atoms with van der Waals surface area (Å²) in [7, 11) is 0. The monoisotopic (exact) mass is 245 g/mol. The normalized spacial score (nSPS) is 10.2. The Balaban J connectivity index is 2.69. The van der Waals surface area contributed by atoms with Crippen LogP contribution >= 0.6 is 11.6 Å². The number of nitrogens with two attached hydrogens (primary N) is 1. The van der Waals surface area contributed by atoms with Crippen molar-refractivity contribution in [3.63, 3.8) is 0 Å². The van der Waals surface area contributed by atoms with Crippen molar-refractivity contribution in [2.45, 2.75) is 13.8 Å². The molecule has 0 radical (unpaired) electrons. The van der Waals surface area contributed by atoms with Gasteiger partial charge in [0.1, 0.15) is 11.9 Å². The molecule has 1 aromatic carbocycles. The first-order chi connectivity index (χ1) is 8.06. The van der Waals surface area contributed by atoms with E-state index >= 15 is 0 Å². The second-order valence-corrected chi connectivity index (χ2v) is 4.33. The van der Waals surface area contributed by atoms with Crippen LogP contribution in [0.5, 0.6) is 0 Å². The summed E-state index contributed by atoms with van der Waals surface area (Å²) in [4.78, 5) is 0. The Morgan fingerprint density at radius 2 is 1.82 bits per heavy atom. The van der Waals surface area contributed by atoms with Crippen molar-refractivity contribution in [1.29, 1.82) is 5.26 Å². The van der Waals surface area contributed by atoms with Crippen molar-refractivity contribution in [3.8, 4) is 11.8 Å². The molecule has 0 aliphatic rings. The number of anilines is 1. The molecule has 1 heterocycles. The fourth-order valence-corrected chi connectivity index (χ4v) is 2.02. The molecule has 0 amide bonds. The smallest absolute Gasteiger partial charge is 0.126 e. The first kappa shape index (κ1) is 11.6. The van der Waals surface area contributed by atoms with Crippen molar-refractivity contribution >= 4 is 17.4 Å². The second kappa shape index (κ2) is 4.15. The SMILES string of the molecule is Cc1c(C#N)c(N)n(-c2ccc(Cl)cc2)c1C. The van der Waals surface area contributed by atoms with Crippen molar-refractivity contribution in [1.82, 2.24) is 4.57 Å². The highest BCUT2D eigenvalue weighted by molar-refractivity contribution is 6.30. The molecule has 0 bridgehead atoms. The number of nitriles is 1. The van der Waals surface area contributed by atoms with Crippen LogP contribution < -0.4 is 5.73 Å². The molecule has 0 aliphatic carbocycles. The standard InChI is InChI=1S/C13H12ClN3/c1-8-9(2)17(13(16)12(8)7-15)11-5-3-10(14)4-6-11/h3-6H,16H2,1-2H3. The number of halogens is 1. The highest BCUT2D eigenvalue weighted by atomic mass is 35.5. The van der Waals surface area contributed by atoms with E-state index in [0.29, 0.717) is 16.4 Å². The van der Waals surface area contributed by atoms with Crippen LogP contribution in [0.4, 0.5) is 5.82 Å². The molecule has 2 aromatic rings. The Morgan fingerprint density at radius 1 is 1.24 bits per heavy atom. The third-order valence-corrected chi connectivity index (χ3v) is 3.20. The molecule has 4 heteroatoms.